The number of hydrogen-bond acceptors (Lipinski definition) is 5. The van der Waals surface area contributed by atoms with Gasteiger partial charge in [0, 0.05) is 6.42 Å². The van der Waals surface area contributed by atoms with Crippen molar-refractivity contribution in [2.75, 3.05) is 24.4 Å². The van der Waals surface area contributed by atoms with Crippen molar-refractivity contribution in [2.45, 2.75) is 18.9 Å². The van der Waals surface area contributed by atoms with Crippen LogP contribution in [0.5, 0.6) is 5.75 Å². The number of aryl methyl sites for hydroxylation is 1. The Bertz CT molecular complexity index is 703. The fourth-order valence-electron chi connectivity index (χ4n) is 2.74. The van der Waals surface area contributed by atoms with Gasteiger partial charge in [0.15, 0.2) is 11.6 Å². The lowest BCUT2D eigenvalue weighted by molar-refractivity contribution is -0.119. The van der Waals surface area contributed by atoms with E-state index in [1.165, 1.54) is 11.0 Å². The molecule has 2 aliphatic rings. The Labute approximate surface area is 121 Å². The van der Waals surface area contributed by atoms with Gasteiger partial charge in [-0.25, -0.2) is 4.39 Å². The summed E-state index contributed by atoms with van der Waals surface area (Å²) in [5.74, 6) is -1.15. The minimum Gasteiger partial charge on any atom is -0.486 e. The summed E-state index contributed by atoms with van der Waals surface area (Å²) in [5, 5.41) is 0. The Hall–Kier alpha value is -1.67. The fourth-order valence-corrected chi connectivity index (χ4v) is 3.60. The lowest BCUT2D eigenvalue weighted by atomic mass is 9.97. The van der Waals surface area contributed by atoms with Crippen LogP contribution in [0.25, 0.3) is 0 Å². The zero-order chi connectivity index (χ0) is 15.2. The molecule has 0 spiro atoms. The van der Waals surface area contributed by atoms with Gasteiger partial charge in [-0.05, 0) is 18.1 Å². The van der Waals surface area contributed by atoms with Crippen molar-refractivity contribution in [2.24, 2.45) is 0 Å². The Balaban J connectivity index is 2.06. The number of nitrogens with zero attached hydrogens (tertiary/aromatic N) is 1. The van der Waals surface area contributed by atoms with E-state index in [2.05, 4.69) is 4.18 Å². The number of anilines is 1. The molecule has 8 heteroatoms. The van der Waals surface area contributed by atoms with Gasteiger partial charge < -0.3 is 9.64 Å². The molecule has 0 unspecified atom stereocenters. The number of benzene rings is 1. The number of carbonyl (C=O) groups is 1. The first kappa shape index (κ1) is 14.3. The predicted molar refractivity (Wildman–Crippen MR) is 72.3 cm³/mol. The van der Waals surface area contributed by atoms with E-state index in [1.54, 1.807) is 6.07 Å². The maximum absolute atomic E-state index is 13.8. The van der Waals surface area contributed by atoms with Gasteiger partial charge in [-0.2, -0.15) is 8.42 Å². The average Bonchev–Trinajstić information content (AvgIpc) is 2.45. The average molecular weight is 315 g/mol. The Kier molecular flexibility index (Phi) is 3.37. The zero-order valence-corrected chi connectivity index (χ0v) is 12.2. The molecule has 2 aliphatic heterocycles. The molecule has 0 bridgehead atoms. The third-order valence-electron chi connectivity index (χ3n) is 3.72. The maximum atomic E-state index is 13.8. The van der Waals surface area contributed by atoms with Crippen LogP contribution in [0.4, 0.5) is 10.1 Å². The van der Waals surface area contributed by atoms with Gasteiger partial charge in [0.1, 0.15) is 6.61 Å². The third-order valence-corrected chi connectivity index (χ3v) is 5.02. The van der Waals surface area contributed by atoms with Gasteiger partial charge in [0.05, 0.1) is 24.6 Å². The number of halogens is 1. The van der Waals surface area contributed by atoms with E-state index in [0.717, 1.165) is 12.7 Å². The molecule has 0 aromatic heterocycles. The van der Waals surface area contributed by atoms with Crippen LogP contribution in [0.3, 0.4) is 0 Å². The van der Waals surface area contributed by atoms with Gasteiger partial charge >= 0.3 is 0 Å². The van der Waals surface area contributed by atoms with Gasteiger partial charge in [-0.1, -0.05) is 6.07 Å². The summed E-state index contributed by atoms with van der Waals surface area (Å²) >= 11 is 0. The summed E-state index contributed by atoms with van der Waals surface area (Å²) in [6.07, 6.45) is 0.757. The second-order valence-corrected chi connectivity index (χ2v) is 6.79. The smallest absolute Gasteiger partial charge is 0.269 e. The highest BCUT2D eigenvalue weighted by Crippen LogP contribution is 2.42. The van der Waals surface area contributed by atoms with Gasteiger partial charge in [-0.15, -0.1) is 0 Å². The number of rotatable bonds is 3. The van der Waals surface area contributed by atoms with Crippen LogP contribution in [0, 0.1) is 5.82 Å². The quantitative estimate of drug-likeness (QED) is 0.773. The van der Waals surface area contributed by atoms with Crippen LogP contribution in [-0.2, 0) is 25.5 Å². The summed E-state index contributed by atoms with van der Waals surface area (Å²) in [6.45, 7) is -0.0816. The Morgan fingerprint density at radius 2 is 2.19 bits per heavy atom. The van der Waals surface area contributed by atoms with Crippen LogP contribution in [-0.4, -0.2) is 39.8 Å². The first-order valence-corrected chi connectivity index (χ1v) is 8.05. The minimum atomic E-state index is -3.75. The van der Waals surface area contributed by atoms with Crippen molar-refractivity contribution in [3.63, 3.8) is 0 Å². The SMILES string of the molecule is COS(=O)(=O)C[C@@H]1COc2c(F)ccc3c2N1C(=O)CC3. The molecule has 0 saturated heterocycles. The van der Waals surface area contributed by atoms with Gasteiger partial charge in [0.2, 0.25) is 5.91 Å². The molecular formula is C13H14FNO5S. The third kappa shape index (κ3) is 2.38. The zero-order valence-electron chi connectivity index (χ0n) is 11.3. The molecule has 3 rings (SSSR count). The van der Waals surface area contributed by atoms with Gasteiger partial charge in [0.25, 0.3) is 10.1 Å². The largest absolute Gasteiger partial charge is 0.486 e. The van der Waals surface area contributed by atoms with E-state index in [4.69, 9.17) is 4.74 Å². The molecule has 114 valence electrons. The molecule has 1 atom stereocenters. The summed E-state index contributed by atoms with van der Waals surface area (Å²) in [4.78, 5) is 13.5. The molecule has 0 saturated carbocycles. The molecule has 0 N–H and O–H groups in total. The van der Waals surface area contributed by atoms with E-state index >= 15 is 0 Å². The number of hydrogen-bond donors (Lipinski definition) is 0. The molecule has 1 aromatic carbocycles. The Morgan fingerprint density at radius 3 is 2.90 bits per heavy atom. The minimum absolute atomic E-state index is 0.0200. The van der Waals surface area contributed by atoms with E-state index in [1.807, 2.05) is 0 Å². The number of ether oxygens (including phenoxy) is 1. The molecule has 0 radical (unpaired) electrons. The van der Waals surface area contributed by atoms with Crippen LogP contribution >= 0.6 is 0 Å². The van der Waals surface area contributed by atoms with Crippen molar-refractivity contribution in [3.05, 3.63) is 23.5 Å². The lowest BCUT2D eigenvalue weighted by Gasteiger charge is -2.40. The maximum Gasteiger partial charge on any atom is 0.269 e. The van der Waals surface area contributed by atoms with Crippen molar-refractivity contribution < 1.29 is 26.5 Å². The van der Waals surface area contributed by atoms with Crippen LogP contribution in [0.2, 0.25) is 0 Å². The molecule has 1 aromatic rings. The normalized spacial score (nSPS) is 21.0. The molecule has 2 heterocycles. The first-order chi connectivity index (χ1) is 9.93. The predicted octanol–water partition coefficient (Wildman–Crippen LogP) is 0.842. The highest BCUT2D eigenvalue weighted by Gasteiger charge is 2.40. The molecule has 1 amide bonds. The summed E-state index contributed by atoms with van der Waals surface area (Å²) in [7, 11) is -2.69. The van der Waals surface area contributed by atoms with Crippen molar-refractivity contribution in [1.29, 1.82) is 0 Å². The lowest BCUT2D eigenvalue weighted by Crippen LogP contribution is -2.52. The summed E-state index contributed by atoms with van der Waals surface area (Å²) < 4.78 is 46.9. The van der Waals surface area contributed by atoms with Gasteiger partial charge in [-0.3, -0.25) is 8.98 Å². The second kappa shape index (κ2) is 4.96. The highest BCUT2D eigenvalue weighted by molar-refractivity contribution is 7.86. The van der Waals surface area contributed by atoms with E-state index in [9.17, 15) is 17.6 Å². The number of amides is 1. The fraction of sp³-hybridized carbons (Fsp3) is 0.462. The first-order valence-electron chi connectivity index (χ1n) is 6.47. The molecule has 21 heavy (non-hydrogen) atoms. The monoisotopic (exact) mass is 315 g/mol. The van der Waals surface area contributed by atoms with Crippen molar-refractivity contribution in [1.82, 2.24) is 0 Å². The van der Waals surface area contributed by atoms with Crippen LogP contribution in [0.15, 0.2) is 12.1 Å². The molecule has 6 nitrogen and oxygen atoms in total. The molecule has 0 aliphatic carbocycles. The second-order valence-electron chi connectivity index (χ2n) is 5.00. The molecule has 0 fully saturated rings. The van der Waals surface area contributed by atoms with Crippen LogP contribution in [0.1, 0.15) is 12.0 Å². The summed E-state index contributed by atoms with van der Waals surface area (Å²) in [6, 6.07) is 2.19. The van der Waals surface area contributed by atoms with E-state index < -0.39 is 22.0 Å². The van der Waals surface area contributed by atoms with Crippen molar-refractivity contribution in [3.8, 4) is 5.75 Å². The highest BCUT2D eigenvalue weighted by atomic mass is 32.2. The van der Waals surface area contributed by atoms with Crippen molar-refractivity contribution >= 4 is 21.7 Å². The summed E-state index contributed by atoms with van der Waals surface area (Å²) in [5.41, 5.74) is 1.14. The van der Waals surface area contributed by atoms with E-state index in [-0.39, 0.29) is 30.4 Å². The van der Waals surface area contributed by atoms with Crippen LogP contribution < -0.4 is 9.64 Å². The van der Waals surface area contributed by atoms with E-state index in [0.29, 0.717) is 12.1 Å². The topological polar surface area (TPSA) is 72.9 Å². The Morgan fingerprint density at radius 1 is 1.43 bits per heavy atom. The standard InChI is InChI=1S/C13H14FNO5S/c1-19-21(17,18)7-9-6-20-13-10(14)4-2-8-3-5-11(16)15(9)12(8)13/h2,4,9H,3,5-7H2,1H3/t9-/m0/s1. The number of carbonyl (C=O) groups excluding carboxylic acids is 1. The molecular weight excluding hydrogens is 301 g/mol.